The van der Waals surface area contributed by atoms with E-state index >= 15 is 0 Å². The molecule has 0 saturated heterocycles. The number of hydrogen-bond donors (Lipinski definition) is 2. The van der Waals surface area contributed by atoms with Crippen LogP contribution in [0.2, 0.25) is 0 Å². The molecule has 144 valence electrons. The van der Waals surface area contributed by atoms with Gasteiger partial charge in [0.15, 0.2) is 5.82 Å². The minimum atomic E-state index is -0.246. The number of anilines is 2. The van der Waals surface area contributed by atoms with Crippen molar-refractivity contribution in [3.63, 3.8) is 0 Å². The summed E-state index contributed by atoms with van der Waals surface area (Å²) in [6.45, 7) is 0.417. The molecule has 0 unspecified atom stereocenters. The molecule has 2 N–H and O–H groups in total. The molecule has 0 aliphatic heterocycles. The molecule has 1 heterocycles. The first-order chi connectivity index (χ1) is 13.5. The largest absolute Gasteiger partial charge is 0.497 e. The predicted octanol–water partition coefficient (Wildman–Crippen LogP) is 3.23. The summed E-state index contributed by atoms with van der Waals surface area (Å²) in [5.74, 6) is 0.792. The summed E-state index contributed by atoms with van der Waals surface area (Å²) in [6.07, 6.45) is 1.59. The van der Waals surface area contributed by atoms with E-state index in [1.54, 1.807) is 44.6 Å². The molecule has 1 aromatic heterocycles. The monoisotopic (exact) mass is 442 g/mol. The topological polar surface area (TPSA) is 85.2 Å². The van der Waals surface area contributed by atoms with Gasteiger partial charge in [-0.15, -0.1) is 0 Å². The molecule has 0 saturated carbocycles. The van der Waals surface area contributed by atoms with Gasteiger partial charge in [0, 0.05) is 31.0 Å². The van der Waals surface area contributed by atoms with Gasteiger partial charge in [0.1, 0.15) is 10.4 Å². The first-order valence-corrected chi connectivity index (χ1v) is 9.27. The predicted molar refractivity (Wildman–Crippen MR) is 111 cm³/mol. The van der Waals surface area contributed by atoms with Crippen LogP contribution >= 0.6 is 15.9 Å². The van der Waals surface area contributed by atoms with Crippen molar-refractivity contribution >= 4 is 33.3 Å². The van der Waals surface area contributed by atoms with Crippen molar-refractivity contribution in [1.29, 1.82) is 0 Å². The summed E-state index contributed by atoms with van der Waals surface area (Å²) >= 11 is 3.26. The van der Waals surface area contributed by atoms with Crippen molar-refractivity contribution in [2.75, 3.05) is 12.4 Å². The molecule has 3 aromatic rings. The van der Waals surface area contributed by atoms with Crippen LogP contribution in [0.3, 0.4) is 0 Å². The van der Waals surface area contributed by atoms with Crippen LogP contribution in [0, 0.1) is 0 Å². The Bertz CT molecular complexity index is 1030. The Hall–Kier alpha value is -3.13. The van der Waals surface area contributed by atoms with Gasteiger partial charge in [0.2, 0.25) is 0 Å². The molecule has 3 rings (SSSR count). The van der Waals surface area contributed by atoms with E-state index in [1.165, 1.54) is 4.57 Å². The van der Waals surface area contributed by atoms with Gasteiger partial charge in [0.25, 0.3) is 11.5 Å². The fraction of sp³-hybridized carbons (Fsp3) is 0.150. The number of aryl methyl sites for hydroxylation is 1. The van der Waals surface area contributed by atoms with Gasteiger partial charge in [-0.05, 0) is 57.9 Å². The Balaban J connectivity index is 1.63. The highest BCUT2D eigenvalue weighted by Gasteiger charge is 2.08. The molecule has 0 fully saturated rings. The number of benzene rings is 2. The minimum absolute atomic E-state index is 0.182. The third-order valence-corrected chi connectivity index (χ3v) is 4.45. The van der Waals surface area contributed by atoms with Gasteiger partial charge < -0.3 is 19.9 Å². The summed E-state index contributed by atoms with van der Waals surface area (Å²) in [4.78, 5) is 28.6. The zero-order valence-electron chi connectivity index (χ0n) is 15.4. The lowest BCUT2D eigenvalue weighted by Gasteiger charge is -2.09. The van der Waals surface area contributed by atoms with Gasteiger partial charge in [0.05, 0.1) is 7.11 Å². The third-order valence-electron chi connectivity index (χ3n) is 4.06. The normalized spacial score (nSPS) is 10.4. The molecule has 0 aliphatic rings. The van der Waals surface area contributed by atoms with E-state index in [1.807, 2.05) is 24.3 Å². The van der Waals surface area contributed by atoms with Gasteiger partial charge in [-0.2, -0.15) is 0 Å². The Kier molecular flexibility index (Phi) is 6.10. The highest BCUT2D eigenvalue weighted by atomic mass is 79.9. The number of hydrogen-bond acceptors (Lipinski definition) is 5. The van der Waals surface area contributed by atoms with E-state index in [2.05, 4.69) is 31.5 Å². The fourth-order valence-electron chi connectivity index (χ4n) is 2.52. The molecule has 1 amide bonds. The van der Waals surface area contributed by atoms with E-state index in [9.17, 15) is 9.59 Å². The summed E-state index contributed by atoms with van der Waals surface area (Å²) < 4.78 is 7.10. The maximum atomic E-state index is 12.3. The van der Waals surface area contributed by atoms with E-state index in [-0.39, 0.29) is 17.3 Å². The molecular formula is C20H19BrN4O3. The van der Waals surface area contributed by atoms with Crippen LogP contribution in [-0.2, 0) is 13.6 Å². The lowest BCUT2D eigenvalue weighted by atomic mass is 10.1. The van der Waals surface area contributed by atoms with Gasteiger partial charge in [-0.1, -0.05) is 12.1 Å². The quantitative estimate of drug-likeness (QED) is 0.611. The average Bonchev–Trinajstić information content (AvgIpc) is 2.70. The van der Waals surface area contributed by atoms with Crippen molar-refractivity contribution < 1.29 is 9.53 Å². The van der Waals surface area contributed by atoms with E-state index in [0.29, 0.717) is 22.4 Å². The Morgan fingerprint density at radius 1 is 1.14 bits per heavy atom. The van der Waals surface area contributed by atoms with Gasteiger partial charge >= 0.3 is 0 Å². The molecule has 0 spiro atoms. The lowest BCUT2D eigenvalue weighted by Crippen LogP contribution is -2.23. The SMILES string of the molecule is COc1ccc(CNC(=O)c2ccc(Nc3nc(Br)cn(C)c3=O)cc2)cc1. The number of rotatable bonds is 6. The summed E-state index contributed by atoms with van der Waals surface area (Å²) in [5, 5.41) is 5.84. The summed E-state index contributed by atoms with van der Waals surface area (Å²) in [6, 6.07) is 14.3. The Morgan fingerprint density at radius 2 is 1.82 bits per heavy atom. The van der Waals surface area contributed by atoms with Crippen LogP contribution in [-0.4, -0.2) is 22.6 Å². The minimum Gasteiger partial charge on any atom is -0.497 e. The molecule has 7 nitrogen and oxygen atoms in total. The first kappa shape index (κ1) is 19.6. The number of methoxy groups -OCH3 is 1. The Labute approximate surface area is 170 Å². The van der Waals surface area contributed by atoms with Crippen LogP contribution in [0.5, 0.6) is 5.75 Å². The van der Waals surface area contributed by atoms with Gasteiger partial charge in [-0.25, -0.2) is 4.98 Å². The second kappa shape index (κ2) is 8.71. The maximum Gasteiger partial charge on any atom is 0.293 e. The molecule has 8 heteroatoms. The highest BCUT2D eigenvalue weighted by Crippen LogP contribution is 2.15. The average molecular weight is 443 g/mol. The third kappa shape index (κ3) is 4.77. The smallest absolute Gasteiger partial charge is 0.293 e. The summed E-state index contributed by atoms with van der Waals surface area (Å²) in [7, 11) is 3.26. The van der Waals surface area contributed by atoms with Crippen LogP contribution in [0.4, 0.5) is 11.5 Å². The van der Waals surface area contributed by atoms with Crippen molar-refractivity contribution in [3.8, 4) is 5.75 Å². The van der Waals surface area contributed by atoms with Crippen molar-refractivity contribution in [3.05, 3.63) is 80.8 Å². The molecule has 2 aromatic carbocycles. The van der Waals surface area contributed by atoms with E-state index in [0.717, 1.165) is 11.3 Å². The molecule has 0 aliphatic carbocycles. The van der Waals surface area contributed by atoms with Crippen molar-refractivity contribution in [2.24, 2.45) is 7.05 Å². The van der Waals surface area contributed by atoms with Gasteiger partial charge in [-0.3, -0.25) is 9.59 Å². The number of halogens is 1. The highest BCUT2D eigenvalue weighted by molar-refractivity contribution is 9.10. The van der Waals surface area contributed by atoms with E-state index < -0.39 is 0 Å². The zero-order valence-corrected chi connectivity index (χ0v) is 17.0. The van der Waals surface area contributed by atoms with Crippen molar-refractivity contribution in [1.82, 2.24) is 14.9 Å². The van der Waals surface area contributed by atoms with Crippen molar-refractivity contribution in [2.45, 2.75) is 6.54 Å². The number of aromatic nitrogens is 2. The number of ether oxygens (including phenoxy) is 1. The number of carbonyl (C=O) groups excluding carboxylic acids is 1. The molecule has 0 radical (unpaired) electrons. The van der Waals surface area contributed by atoms with Crippen LogP contribution in [0.15, 0.2) is 64.1 Å². The second-order valence-corrected chi connectivity index (χ2v) is 6.87. The number of carbonyl (C=O) groups is 1. The molecule has 0 atom stereocenters. The molecule has 0 bridgehead atoms. The number of nitrogens with zero attached hydrogens (tertiary/aromatic N) is 2. The number of amides is 1. The number of nitrogens with one attached hydrogen (secondary N) is 2. The molecular weight excluding hydrogens is 424 g/mol. The fourth-order valence-corrected chi connectivity index (χ4v) is 3.00. The lowest BCUT2D eigenvalue weighted by molar-refractivity contribution is 0.0951. The first-order valence-electron chi connectivity index (χ1n) is 8.47. The second-order valence-electron chi connectivity index (χ2n) is 6.06. The molecule has 28 heavy (non-hydrogen) atoms. The Morgan fingerprint density at radius 3 is 2.46 bits per heavy atom. The standard InChI is InChI=1S/C20H19BrN4O3/c1-25-12-17(21)24-18(20(25)27)23-15-7-5-14(6-8-15)19(26)22-11-13-3-9-16(28-2)10-4-13/h3-10,12H,11H2,1-2H3,(H,22,26)(H,23,24). The summed E-state index contributed by atoms with van der Waals surface area (Å²) in [5.41, 5.74) is 1.91. The van der Waals surface area contributed by atoms with Crippen LogP contribution in [0.1, 0.15) is 15.9 Å². The maximum absolute atomic E-state index is 12.3. The zero-order chi connectivity index (χ0) is 20.1. The van der Waals surface area contributed by atoms with E-state index in [4.69, 9.17) is 4.74 Å². The van der Waals surface area contributed by atoms with Crippen LogP contribution in [0.25, 0.3) is 0 Å². The van der Waals surface area contributed by atoms with Crippen LogP contribution < -0.4 is 20.9 Å².